The molecule has 1 amide bonds. The van der Waals surface area contributed by atoms with E-state index in [1.165, 1.54) is 0 Å². The molecular weight excluding hydrogens is 292 g/mol. The van der Waals surface area contributed by atoms with E-state index in [1.54, 1.807) is 7.11 Å². The van der Waals surface area contributed by atoms with Gasteiger partial charge >= 0.3 is 0 Å². The average Bonchev–Trinajstić information content (AvgIpc) is 2.60. The topological polar surface area (TPSA) is 50.8 Å². The zero-order valence-electron chi connectivity index (χ0n) is 13.1. The fraction of sp³-hybridized carbons (Fsp3) is 0.278. The Hall–Kier alpha value is -2.69. The summed E-state index contributed by atoms with van der Waals surface area (Å²) in [5, 5.41) is 3.14. The Morgan fingerprint density at radius 2 is 1.83 bits per heavy atom. The van der Waals surface area contributed by atoms with Crippen molar-refractivity contribution in [1.82, 2.24) is 0 Å². The lowest BCUT2D eigenvalue weighted by Crippen LogP contribution is -2.40. The maximum Gasteiger partial charge on any atom is 0.246 e. The van der Waals surface area contributed by atoms with Crippen molar-refractivity contribution >= 4 is 17.3 Å². The predicted octanol–water partition coefficient (Wildman–Crippen LogP) is 2.92. The Morgan fingerprint density at radius 3 is 2.61 bits per heavy atom. The zero-order chi connectivity index (χ0) is 16.1. The summed E-state index contributed by atoms with van der Waals surface area (Å²) in [5.41, 5.74) is 1.94. The van der Waals surface area contributed by atoms with Gasteiger partial charge in [-0.05, 0) is 42.8 Å². The number of carbonyl (C=O) groups excluding carboxylic acids is 1. The highest BCUT2D eigenvalue weighted by Gasteiger charge is 2.22. The van der Waals surface area contributed by atoms with Crippen LogP contribution in [0.25, 0.3) is 0 Å². The fourth-order valence-corrected chi connectivity index (χ4v) is 2.59. The summed E-state index contributed by atoms with van der Waals surface area (Å²) in [6, 6.07) is 15.4. The summed E-state index contributed by atoms with van der Waals surface area (Å²) in [7, 11) is 1.64. The Morgan fingerprint density at radius 1 is 1.09 bits per heavy atom. The van der Waals surface area contributed by atoms with Gasteiger partial charge in [0.15, 0.2) is 0 Å². The molecule has 1 N–H and O–H groups in total. The molecule has 0 saturated heterocycles. The first-order valence-electron chi connectivity index (χ1n) is 7.68. The molecule has 0 atom stereocenters. The first kappa shape index (κ1) is 15.2. The molecule has 1 aliphatic rings. The average molecular weight is 312 g/mol. The highest BCUT2D eigenvalue weighted by Crippen LogP contribution is 2.28. The number of hydrogen-bond acceptors (Lipinski definition) is 4. The van der Waals surface area contributed by atoms with Crippen molar-refractivity contribution in [1.29, 1.82) is 0 Å². The third kappa shape index (κ3) is 3.56. The van der Waals surface area contributed by atoms with Crippen molar-refractivity contribution < 1.29 is 14.3 Å². The van der Waals surface area contributed by atoms with Crippen LogP contribution in [0.1, 0.15) is 6.42 Å². The number of carbonyl (C=O) groups is 1. The molecule has 5 heteroatoms. The van der Waals surface area contributed by atoms with Crippen LogP contribution in [-0.4, -0.2) is 32.7 Å². The van der Waals surface area contributed by atoms with Gasteiger partial charge in [-0.3, -0.25) is 4.79 Å². The zero-order valence-corrected chi connectivity index (χ0v) is 13.1. The van der Waals surface area contributed by atoms with E-state index in [-0.39, 0.29) is 5.91 Å². The number of nitrogens with zero attached hydrogens (tertiary/aromatic N) is 1. The minimum atomic E-state index is 0.0909. The van der Waals surface area contributed by atoms with Gasteiger partial charge in [-0.1, -0.05) is 12.1 Å². The lowest BCUT2D eigenvalue weighted by Gasteiger charge is -2.30. The van der Waals surface area contributed by atoms with Crippen LogP contribution in [0.5, 0.6) is 11.5 Å². The van der Waals surface area contributed by atoms with Crippen molar-refractivity contribution in [3.8, 4) is 11.5 Å². The Bertz CT molecular complexity index is 670. The summed E-state index contributed by atoms with van der Waals surface area (Å²) in [6.45, 7) is 1.55. The molecule has 5 nitrogen and oxygen atoms in total. The number of hydrogen-bond donors (Lipinski definition) is 1. The van der Waals surface area contributed by atoms with Gasteiger partial charge in [0.1, 0.15) is 11.5 Å². The largest absolute Gasteiger partial charge is 0.497 e. The molecular formula is C18H20N2O3. The highest BCUT2D eigenvalue weighted by molar-refractivity contribution is 6.02. The van der Waals surface area contributed by atoms with Gasteiger partial charge in [-0.2, -0.15) is 0 Å². The lowest BCUT2D eigenvalue weighted by molar-refractivity contribution is -0.117. The Labute approximate surface area is 135 Å². The Balaban J connectivity index is 1.53. The second-order valence-corrected chi connectivity index (χ2v) is 5.29. The maximum absolute atomic E-state index is 12.1. The van der Waals surface area contributed by atoms with Gasteiger partial charge in [0.2, 0.25) is 5.91 Å². The number of rotatable bonds is 6. The molecule has 0 radical (unpaired) electrons. The summed E-state index contributed by atoms with van der Waals surface area (Å²) < 4.78 is 10.8. The molecule has 0 saturated carbocycles. The van der Waals surface area contributed by atoms with E-state index < -0.39 is 0 Å². The normalized spacial score (nSPS) is 13.3. The smallest absolute Gasteiger partial charge is 0.246 e. The second-order valence-electron chi connectivity index (χ2n) is 5.29. The van der Waals surface area contributed by atoms with Crippen molar-refractivity contribution in [3.63, 3.8) is 0 Å². The van der Waals surface area contributed by atoms with Crippen LogP contribution < -0.4 is 19.7 Å². The number of amides is 1. The molecule has 0 spiro atoms. The number of methoxy groups -OCH3 is 1. The van der Waals surface area contributed by atoms with Gasteiger partial charge in [0.05, 0.1) is 31.6 Å². The molecule has 1 heterocycles. The third-order valence-electron chi connectivity index (χ3n) is 3.78. The van der Waals surface area contributed by atoms with Crippen molar-refractivity contribution in [3.05, 3.63) is 48.5 Å². The highest BCUT2D eigenvalue weighted by atomic mass is 16.5. The number of para-hydroxylation sites is 2. The van der Waals surface area contributed by atoms with Crippen LogP contribution in [0.4, 0.5) is 11.4 Å². The monoisotopic (exact) mass is 312 g/mol. The molecule has 120 valence electrons. The lowest BCUT2D eigenvalue weighted by atomic mass is 10.2. The van der Waals surface area contributed by atoms with Crippen LogP contribution in [-0.2, 0) is 4.79 Å². The van der Waals surface area contributed by atoms with E-state index in [0.717, 1.165) is 29.3 Å². The number of benzene rings is 2. The molecule has 0 unspecified atom stereocenters. The van der Waals surface area contributed by atoms with Crippen LogP contribution in [0.2, 0.25) is 0 Å². The first-order valence-corrected chi connectivity index (χ1v) is 7.68. The molecule has 2 aromatic rings. The summed E-state index contributed by atoms with van der Waals surface area (Å²) >= 11 is 0. The molecule has 1 aliphatic heterocycles. The van der Waals surface area contributed by atoms with Gasteiger partial charge in [0, 0.05) is 6.54 Å². The van der Waals surface area contributed by atoms with Gasteiger partial charge < -0.3 is 19.7 Å². The quantitative estimate of drug-likeness (QED) is 0.833. The number of ether oxygens (including phenoxy) is 2. The molecule has 2 aromatic carbocycles. The van der Waals surface area contributed by atoms with Crippen LogP contribution in [0.3, 0.4) is 0 Å². The van der Waals surface area contributed by atoms with E-state index >= 15 is 0 Å². The summed E-state index contributed by atoms with van der Waals surface area (Å²) in [5.74, 6) is 1.70. The van der Waals surface area contributed by atoms with Crippen LogP contribution in [0.15, 0.2) is 48.5 Å². The molecule has 0 aliphatic carbocycles. The summed E-state index contributed by atoms with van der Waals surface area (Å²) in [6.07, 6.45) is 0.770. The molecule has 3 rings (SSSR count). The Kier molecular flexibility index (Phi) is 4.66. The minimum Gasteiger partial charge on any atom is -0.497 e. The fourth-order valence-electron chi connectivity index (χ4n) is 2.59. The molecule has 0 bridgehead atoms. The van der Waals surface area contributed by atoms with Crippen molar-refractivity contribution in [2.24, 2.45) is 0 Å². The van der Waals surface area contributed by atoms with Crippen molar-refractivity contribution in [2.45, 2.75) is 6.42 Å². The van der Waals surface area contributed by atoms with E-state index in [4.69, 9.17) is 9.47 Å². The van der Waals surface area contributed by atoms with E-state index in [9.17, 15) is 4.79 Å². The van der Waals surface area contributed by atoms with Gasteiger partial charge in [0.25, 0.3) is 0 Å². The number of fused-ring (bicyclic) bond motifs is 1. The van der Waals surface area contributed by atoms with Gasteiger partial charge in [-0.15, -0.1) is 0 Å². The molecule has 0 aromatic heterocycles. The molecule has 0 fully saturated rings. The minimum absolute atomic E-state index is 0.0909. The van der Waals surface area contributed by atoms with E-state index in [0.29, 0.717) is 19.7 Å². The van der Waals surface area contributed by atoms with Crippen molar-refractivity contribution in [2.75, 3.05) is 37.0 Å². The van der Waals surface area contributed by atoms with Gasteiger partial charge in [-0.25, -0.2) is 0 Å². The van der Waals surface area contributed by atoms with E-state index in [1.807, 2.05) is 53.4 Å². The van der Waals surface area contributed by atoms with E-state index in [2.05, 4.69) is 5.32 Å². The number of anilines is 2. The second kappa shape index (κ2) is 7.05. The maximum atomic E-state index is 12.1. The summed E-state index contributed by atoms with van der Waals surface area (Å²) in [4.78, 5) is 13.9. The third-order valence-corrected chi connectivity index (χ3v) is 3.78. The standard InChI is InChI=1S/C18H20N2O3/c1-22-14-7-9-15(10-8-14)23-12-4-11-20-17-6-3-2-5-16(17)19-13-18(20)21/h2-3,5-10,19H,4,11-13H2,1H3. The number of nitrogens with one attached hydrogen (secondary N) is 1. The molecule has 23 heavy (non-hydrogen) atoms. The van der Waals surface area contributed by atoms with Crippen LogP contribution >= 0.6 is 0 Å². The predicted molar refractivity (Wildman–Crippen MR) is 90.4 cm³/mol. The SMILES string of the molecule is COc1ccc(OCCCN2C(=O)CNc3ccccc32)cc1. The van der Waals surface area contributed by atoms with Crippen LogP contribution in [0, 0.1) is 0 Å². The first-order chi connectivity index (χ1) is 11.3.